The average molecular weight is 387 g/mol. The van der Waals surface area contributed by atoms with Crippen molar-refractivity contribution < 1.29 is 4.79 Å². The number of nitrogens with one attached hydrogen (secondary N) is 2. The van der Waals surface area contributed by atoms with Crippen LogP contribution in [-0.4, -0.2) is 35.3 Å². The molecule has 1 aromatic carbocycles. The third kappa shape index (κ3) is 4.25. The molecule has 4 rings (SSSR count). The Morgan fingerprint density at radius 3 is 2.70 bits per heavy atom. The molecular formula is C21H27ClN4O. The quantitative estimate of drug-likeness (QED) is 0.793. The van der Waals surface area contributed by atoms with E-state index in [9.17, 15) is 4.79 Å². The van der Waals surface area contributed by atoms with Crippen molar-refractivity contribution in [1.82, 2.24) is 20.4 Å². The number of aryl methyl sites for hydroxylation is 1. The lowest BCUT2D eigenvalue weighted by Crippen LogP contribution is -2.30. The van der Waals surface area contributed by atoms with E-state index in [1.807, 2.05) is 4.68 Å². The van der Waals surface area contributed by atoms with Crippen LogP contribution in [0.3, 0.4) is 0 Å². The Morgan fingerprint density at radius 2 is 1.96 bits per heavy atom. The Bertz CT molecular complexity index is 839. The minimum absolute atomic E-state index is 0. The lowest BCUT2D eigenvalue weighted by molar-refractivity contribution is 0.0950. The maximum Gasteiger partial charge on any atom is 0.272 e. The van der Waals surface area contributed by atoms with Crippen molar-refractivity contribution in [3.05, 3.63) is 58.4 Å². The summed E-state index contributed by atoms with van der Waals surface area (Å²) in [5, 5.41) is 11.1. The minimum Gasteiger partial charge on any atom is -0.347 e. The van der Waals surface area contributed by atoms with Gasteiger partial charge in [-0.2, -0.15) is 5.10 Å². The molecule has 2 N–H and O–H groups in total. The molecule has 0 spiro atoms. The fraction of sp³-hybridized carbons (Fsp3) is 0.429. The minimum atomic E-state index is -0.0477. The van der Waals surface area contributed by atoms with Gasteiger partial charge >= 0.3 is 0 Å². The molecule has 0 saturated carbocycles. The molecule has 1 aromatic heterocycles. The van der Waals surface area contributed by atoms with Crippen molar-refractivity contribution in [3.63, 3.8) is 0 Å². The number of carbonyl (C=O) groups excluding carboxylic acids is 1. The van der Waals surface area contributed by atoms with E-state index in [0.717, 1.165) is 56.4 Å². The van der Waals surface area contributed by atoms with Crippen LogP contribution in [0.5, 0.6) is 0 Å². The molecule has 2 aromatic rings. The Balaban J connectivity index is 0.00000210. The zero-order valence-electron chi connectivity index (χ0n) is 15.8. The van der Waals surface area contributed by atoms with E-state index < -0.39 is 0 Å². The molecule has 0 saturated heterocycles. The van der Waals surface area contributed by atoms with Gasteiger partial charge in [-0.1, -0.05) is 29.3 Å². The molecule has 144 valence electrons. The highest BCUT2D eigenvalue weighted by molar-refractivity contribution is 5.94. The third-order valence-electron chi connectivity index (χ3n) is 5.31. The second-order valence-corrected chi connectivity index (χ2v) is 7.23. The number of hydrogen-bond donors (Lipinski definition) is 2. The SMILES string of the molecule is Cc1ccc(-n2nc(C(=O)NCC3=CCNCC3)c3c2CCCC3)cc1.Cl. The highest BCUT2D eigenvalue weighted by Gasteiger charge is 2.25. The van der Waals surface area contributed by atoms with Crippen LogP contribution in [0.2, 0.25) is 0 Å². The van der Waals surface area contributed by atoms with Gasteiger partial charge in [0.25, 0.3) is 5.91 Å². The highest BCUT2D eigenvalue weighted by Crippen LogP contribution is 2.27. The Kier molecular flexibility index (Phi) is 6.34. The van der Waals surface area contributed by atoms with E-state index in [1.165, 1.54) is 16.8 Å². The van der Waals surface area contributed by atoms with Crippen LogP contribution in [0.25, 0.3) is 5.69 Å². The zero-order chi connectivity index (χ0) is 17.9. The maximum absolute atomic E-state index is 12.8. The first-order chi connectivity index (χ1) is 12.7. The van der Waals surface area contributed by atoms with Crippen molar-refractivity contribution in [2.75, 3.05) is 19.6 Å². The van der Waals surface area contributed by atoms with Crippen LogP contribution >= 0.6 is 12.4 Å². The fourth-order valence-corrected chi connectivity index (χ4v) is 3.79. The number of carbonyl (C=O) groups is 1. The van der Waals surface area contributed by atoms with Crippen molar-refractivity contribution >= 4 is 18.3 Å². The molecule has 1 amide bonds. The summed E-state index contributed by atoms with van der Waals surface area (Å²) < 4.78 is 1.98. The molecule has 0 radical (unpaired) electrons. The summed E-state index contributed by atoms with van der Waals surface area (Å²) in [7, 11) is 0. The maximum atomic E-state index is 12.8. The second kappa shape index (κ2) is 8.72. The van der Waals surface area contributed by atoms with Gasteiger partial charge in [0, 0.05) is 24.3 Å². The first-order valence-corrected chi connectivity index (χ1v) is 9.57. The molecule has 0 unspecified atom stereocenters. The molecule has 2 heterocycles. The van der Waals surface area contributed by atoms with Crippen LogP contribution in [0, 0.1) is 6.92 Å². The second-order valence-electron chi connectivity index (χ2n) is 7.23. The molecule has 0 fully saturated rings. The molecule has 1 aliphatic heterocycles. The van der Waals surface area contributed by atoms with E-state index >= 15 is 0 Å². The Labute approximate surface area is 166 Å². The standard InChI is InChI=1S/C21H26N4O.ClH/c1-15-6-8-17(9-7-15)25-19-5-3-2-4-18(19)20(24-25)21(26)23-14-16-10-12-22-13-11-16;/h6-10,22H,2-5,11-14H2,1H3,(H,23,26);1H. The van der Waals surface area contributed by atoms with Crippen molar-refractivity contribution in [1.29, 1.82) is 0 Å². The van der Waals surface area contributed by atoms with Gasteiger partial charge in [-0.05, 0) is 57.7 Å². The third-order valence-corrected chi connectivity index (χ3v) is 5.31. The average Bonchev–Trinajstić information content (AvgIpc) is 3.07. The van der Waals surface area contributed by atoms with Gasteiger partial charge in [-0.25, -0.2) is 4.68 Å². The normalized spacial score (nSPS) is 16.1. The van der Waals surface area contributed by atoms with Crippen molar-refractivity contribution in [2.45, 2.75) is 39.0 Å². The van der Waals surface area contributed by atoms with E-state index in [2.05, 4.69) is 47.9 Å². The molecule has 0 atom stereocenters. The number of halogens is 1. The number of fused-ring (bicyclic) bond motifs is 1. The Hall–Kier alpha value is -2.11. The molecule has 1 aliphatic carbocycles. The van der Waals surface area contributed by atoms with Crippen LogP contribution in [-0.2, 0) is 12.8 Å². The van der Waals surface area contributed by atoms with E-state index in [4.69, 9.17) is 5.10 Å². The summed E-state index contributed by atoms with van der Waals surface area (Å²) in [6.45, 7) is 4.57. The van der Waals surface area contributed by atoms with E-state index in [1.54, 1.807) is 0 Å². The molecule has 2 aliphatic rings. The van der Waals surface area contributed by atoms with Crippen molar-refractivity contribution in [3.8, 4) is 5.69 Å². The van der Waals surface area contributed by atoms with Gasteiger partial charge in [-0.15, -0.1) is 12.4 Å². The smallest absolute Gasteiger partial charge is 0.272 e. The van der Waals surface area contributed by atoms with Gasteiger partial charge in [0.05, 0.1) is 5.69 Å². The number of rotatable bonds is 4. The molecule has 27 heavy (non-hydrogen) atoms. The summed E-state index contributed by atoms with van der Waals surface area (Å²) in [5.41, 5.74) is 6.50. The van der Waals surface area contributed by atoms with E-state index in [-0.39, 0.29) is 18.3 Å². The van der Waals surface area contributed by atoms with Gasteiger partial charge in [-0.3, -0.25) is 4.79 Å². The first kappa shape index (κ1) is 19.6. The van der Waals surface area contributed by atoms with E-state index in [0.29, 0.717) is 12.2 Å². The fourth-order valence-electron chi connectivity index (χ4n) is 3.79. The van der Waals surface area contributed by atoms with Gasteiger partial charge < -0.3 is 10.6 Å². The number of benzene rings is 1. The van der Waals surface area contributed by atoms with Gasteiger partial charge in [0.1, 0.15) is 0 Å². The van der Waals surface area contributed by atoms with Gasteiger partial charge in [0.2, 0.25) is 0 Å². The predicted octanol–water partition coefficient (Wildman–Crippen LogP) is 3.13. The lowest BCUT2D eigenvalue weighted by atomic mass is 9.95. The number of nitrogens with zero attached hydrogens (tertiary/aromatic N) is 2. The number of hydrogen-bond acceptors (Lipinski definition) is 3. The summed E-state index contributed by atoms with van der Waals surface area (Å²) in [5.74, 6) is -0.0477. The summed E-state index contributed by atoms with van der Waals surface area (Å²) >= 11 is 0. The zero-order valence-corrected chi connectivity index (χ0v) is 16.6. The molecule has 0 bridgehead atoms. The summed E-state index contributed by atoms with van der Waals surface area (Å²) in [6.07, 6.45) is 7.38. The van der Waals surface area contributed by atoms with Crippen LogP contribution in [0.15, 0.2) is 35.9 Å². The lowest BCUT2D eigenvalue weighted by Gasteiger charge is -2.15. The largest absolute Gasteiger partial charge is 0.347 e. The predicted molar refractivity (Wildman–Crippen MR) is 110 cm³/mol. The molecular weight excluding hydrogens is 360 g/mol. The number of aromatic nitrogens is 2. The summed E-state index contributed by atoms with van der Waals surface area (Å²) in [6, 6.07) is 8.35. The van der Waals surface area contributed by atoms with Crippen LogP contribution in [0.1, 0.15) is 46.6 Å². The number of amides is 1. The van der Waals surface area contributed by atoms with Crippen LogP contribution < -0.4 is 10.6 Å². The Morgan fingerprint density at radius 1 is 1.19 bits per heavy atom. The first-order valence-electron chi connectivity index (χ1n) is 9.57. The highest BCUT2D eigenvalue weighted by atomic mass is 35.5. The van der Waals surface area contributed by atoms with Gasteiger partial charge in [0.15, 0.2) is 5.69 Å². The van der Waals surface area contributed by atoms with Crippen LogP contribution in [0.4, 0.5) is 0 Å². The topological polar surface area (TPSA) is 59.0 Å². The van der Waals surface area contributed by atoms with Crippen molar-refractivity contribution in [2.24, 2.45) is 0 Å². The monoisotopic (exact) mass is 386 g/mol. The summed E-state index contributed by atoms with van der Waals surface area (Å²) in [4.78, 5) is 12.8. The molecule has 5 nitrogen and oxygen atoms in total. The molecule has 6 heteroatoms.